The average molecular weight is 524 g/mol. The maximum absolute atomic E-state index is 13.1. The molecule has 3 heterocycles. The van der Waals surface area contributed by atoms with Crippen LogP contribution in [0.5, 0.6) is 0 Å². The summed E-state index contributed by atoms with van der Waals surface area (Å²) in [5, 5.41) is 7.07. The number of rotatable bonds is 7. The molecule has 1 aromatic heterocycles. The van der Waals surface area contributed by atoms with Gasteiger partial charge in [0.15, 0.2) is 0 Å². The molecule has 10 heteroatoms. The molecule has 5 rings (SSSR count). The van der Waals surface area contributed by atoms with Gasteiger partial charge in [-0.15, -0.1) is 0 Å². The Morgan fingerprint density at radius 3 is 2.57 bits per heavy atom. The van der Waals surface area contributed by atoms with E-state index in [-0.39, 0.29) is 16.7 Å². The normalized spacial score (nSPS) is 19.2. The molecule has 1 unspecified atom stereocenters. The van der Waals surface area contributed by atoms with Crippen LogP contribution in [0.1, 0.15) is 42.7 Å². The number of hydrogen-bond acceptors (Lipinski definition) is 7. The molecule has 0 radical (unpaired) electrons. The van der Waals surface area contributed by atoms with Crippen molar-refractivity contribution in [1.82, 2.24) is 19.3 Å². The predicted octanol–water partition coefficient (Wildman–Crippen LogP) is 3.99. The second-order valence-corrected chi connectivity index (χ2v) is 11.9. The van der Waals surface area contributed by atoms with Crippen molar-refractivity contribution in [3.8, 4) is 11.4 Å². The first-order valence-corrected chi connectivity index (χ1v) is 14.3. The molecule has 1 amide bonds. The van der Waals surface area contributed by atoms with Gasteiger partial charge in [-0.2, -0.15) is 9.29 Å². The van der Waals surface area contributed by atoms with Gasteiger partial charge in [-0.1, -0.05) is 41.1 Å². The van der Waals surface area contributed by atoms with Crippen LogP contribution in [-0.2, 0) is 21.4 Å². The van der Waals surface area contributed by atoms with Crippen molar-refractivity contribution in [2.75, 3.05) is 31.5 Å². The van der Waals surface area contributed by atoms with Gasteiger partial charge in [0, 0.05) is 30.9 Å². The van der Waals surface area contributed by atoms with E-state index in [1.165, 1.54) is 9.87 Å². The fraction of sp³-hybridized carbons (Fsp3) is 0.444. The molecule has 0 spiro atoms. The SMILES string of the molecule is Cc1ccc(-c2noc(CN3CCCC(C(=O)Nc4ccc(C)c(S(=O)(=O)N5CCCC5)c4)C3)n2)cc1. The van der Waals surface area contributed by atoms with Gasteiger partial charge in [-0.25, -0.2) is 8.42 Å². The summed E-state index contributed by atoms with van der Waals surface area (Å²) < 4.78 is 33.2. The van der Waals surface area contributed by atoms with Gasteiger partial charge in [0.05, 0.1) is 17.4 Å². The first-order valence-electron chi connectivity index (χ1n) is 12.8. The minimum Gasteiger partial charge on any atom is -0.338 e. The van der Waals surface area contributed by atoms with Gasteiger partial charge in [-0.3, -0.25) is 9.69 Å². The Labute approximate surface area is 217 Å². The van der Waals surface area contributed by atoms with E-state index in [9.17, 15) is 13.2 Å². The number of hydrogen-bond donors (Lipinski definition) is 1. The van der Waals surface area contributed by atoms with Gasteiger partial charge in [-0.05, 0) is 63.8 Å². The smallest absolute Gasteiger partial charge is 0.243 e. The van der Waals surface area contributed by atoms with E-state index in [0.29, 0.717) is 49.1 Å². The Bertz CT molecular complexity index is 1360. The first-order chi connectivity index (χ1) is 17.8. The zero-order valence-corrected chi connectivity index (χ0v) is 22.1. The highest BCUT2D eigenvalue weighted by atomic mass is 32.2. The highest BCUT2D eigenvalue weighted by molar-refractivity contribution is 7.89. The summed E-state index contributed by atoms with van der Waals surface area (Å²) >= 11 is 0. The van der Waals surface area contributed by atoms with Crippen molar-refractivity contribution in [3.05, 3.63) is 59.5 Å². The number of piperidine rings is 1. The molecule has 9 nitrogen and oxygen atoms in total. The van der Waals surface area contributed by atoms with Crippen LogP contribution in [0.2, 0.25) is 0 Å². The zero-order chi connectivity index (χ0) is 26.0. The molecule has 0 saturated carbocycles. The lowest BCUT2D eigenvalue weighted by molar-refractivity contribution is -0.121. The highest BCUT2D eigenvalue weighted by Crippen LogP contribution is 2.27. The van der Waals surface area contributed by atoms with E-state index in [2.05, 4.69) is 20.4 Å². The van der Waals surface area contributed by atoms with Crippen LogP contribution in [0, 0.1) is 19.8 Å². The summed E-state index contributed by atoms with van der Waals surface area (Å²) in [7, 11) is -3.57. The second kappa shape index (κ2) is 10.7. The molecule has 2 saturated heterocycles. The van der Waals surface area contributed by atoms with Gasteiger partial charge < -0.3 is 9.84 Å². The third kappa shape index (κ3) is 5.76. The molecule has 1 N–H and O–H groups in total. The first kappa shape index (κ1) is 25.6. The molecule has 37 heavy (non-hydrogen) atoms. The number of aryl methyl sites for hydroxylation is 2. The fourth-order valence-corrected chi connectivity index (χ4v) is 6.78. The van der Waals surface area contributed by atoms with E-state index in [0.717, 1.165) is 37.8 Å². The van der Waals surface area contributed by atoms with Gasteiger partial charge >= 0.3 is 0 Å². The maximum atomic E-state index is 13.1. The van der Waals surface area contributed by atoms with Crippen LogP contribution in [-0.4, -0.2) is 59.8 Å². The number of benzene rings is 2. The summed E-state index contributed by atoms with van der Waals surface area (Å²) in [5.41, 5.74) is 3.25. The Kier molecular flexibility index (Phi) is 7.41. The largest absolute Gasteiger partial charge is 0.338 e. The molecule has 2 aromatic carbocycles. The molecule has 2 aliphatic rings. The Balaban J connectivity index is 1.22. The minimum atomic E-state index is -3.57. The Hall–Kier alpha value is -3.08. The maximum Gasteiger partial charge on any atom is 0.243 e. The predicted molar refractivity (Wildman–Crippen MR) is 140 cm³/mol. The highest BCUT2D eigenvalue weighted by Gasteiger charge is 2.30. The third-order valence-electron chi connectivity index (χ3n) is 7.15. The van der Waals surface area contributed by atoms with Crippen molar-refractivity contribution in [2.45, 2.75) is 51.0 Å². The number of aromatic nitrogens is 2. The molecule has 196 valence electrons. The van der Waals surface area contributed by atoms with Crippen LogP contribution in [0.3, 0.4) is 0 Å². The van der Waals surface area contributed by atoms with Crippen LogP contribution in [0.25, 0.3) is 11.4 Å². The number of likely N-dealkylation sites (tertiary alicyclic amines) is 1. The van der Waals surface area contributed by atoms with E-state index in [4.69, 9.17) is 4.52 Å². The van der Waals surface area contributed by atoms with Crippen molar-refractivity contribution in [3.63, 3.8) is 0 Å². The van der Waals surface area contributed by atoms with Gasteiger partial charge in [0.25, 0.3) is 0 Å². The van der Waals surface area contributed by atoms with Crippen LogP contribution >= 0.6 is 0 Å². The van der Waals surface area contributed by atoms with Crippen molar-refractivity contribution in [1.29, 1.82) is 0 Å². The van der Waals surface area contributed by atoms with E-state index < -0.39 is 10.0 Å². The lowest BCUT2D eigenvalue weighted by Gasteiger charge is -2.30. The van der Waals surface area contributed by atoms with Crippen LogP contribution in [0.15, 0.2) is 51.9 Å². The summed E-state index contributed by atoms with van der Waals surface area (Å²) in [6.07, 6.45) is 3.40. The van der Waals surface area contributed by atoms with E-state index in [1.807, 2.05) is 31.2 Å². The number of nitrogens with one attached hydrogen (secondary N) is 1. The van der Waals surface area contributed by atoms with Crippen molar-refractivity contribution >= 4 is 21.6 Å². The van der Waals surface area contributed by atoms with Crippen molar-refractivity contribution in [2.24, 2.45) is 5.92 Å². The molecule has 3 aromatic rings. The molecule has 1 atom stereocenters. The number of anilines is 1. The molecular formula is C27H33N5O4S. The summed E-state index contributed by atoms with van der Waals surface area (Å²) in [6, 6.07) is 13.1. The monoisotopic (exact) mass is 523 g/mol. The molecule has 2 fully saturated rings. The van der Waals surface area contributed by atoms with Crippen LogP contribution < -0.4 is 5.32 Å². The minimum absolute atomic E-state index is 0.107. The number of carbonyl (C=O) groups excluding carboxylic acids is 1. The van der Waals surface area contributed by atoms with Crippen molar-refractivity contribution < 1.29 is 17.7 Å². The zero-order valence-electron chi connectivity index (χ0n) is 21.3. The average Bonchev–Trinajstić information content (AvgIpc) is 3.59. The van der Waals surface area contributed by atoms with E-state index >= 15 is 0 Å². The second-order valence-electron chi connectivity index (χ2n) is 10.0. The van der Waals surface area contributed by atoms with Gasteiger partial charge in [0.1, 0.15) is 0 Å². The molecule has 0 bridgehead atoms. The topological polar surface area (TPSA) is 109 Å². The Morgan fingerprint density at radius 2 is 1.81 bits per heavy atom. The van der Waals surface area contributed by atoms with E-state index in [1.54, 1.807) is 25.1 Å². The van der Waals surface area contributed by atoms with Crippen LogP contribution in [0.4, 0.5) is 5.69 Å². The third-order valence-corrected chi connectivity index (χ3v) is 9.19. The molecular weight excluding hydrogens is 490 g/mol. The summed E-state index contributed by atoms with van der Waals surface area (Å²) in [6.45, 7) is 6.79. The lowest BCUT2D eigenvalue weighted by Crippen LogP contribution is -2.40. The standard InChI is InChI=1S/C27H33N5O4S/c1-19-7-10-21(11-8-19)26-29-25(36-30-26)18-31-13-5-6-22(17-31)27(33)28-23-12-9-20(2)24(16-23)37(34,35)32-14-3-4-15-32/h7-12,16,22H,3-6,13-15,17-18H2,1-2H3,(H,28,33). The summed E-state index contributed by atoms with van der Waals surface area (Å²) in [5.74, 6) is 0.754. The fourth-order valence-electron chi connectivity index (χ4n) is 5.01. The summed E-state index contributed by atoms with van der Waals surface area (Å²) in [4.78, 5) is 20.1. The molecule has 0 aliphatic carbocycles. The lowest BCUT2D eigenvalue weighted by atomic mass is 9.97. The quantitative estimate of drug-likeness (QED) is 0.499. The number of amides is 1. The Morgan fingerprint density at radius 1 is 1.05 bits per heavy atom. The number of nitrogens with zero attached hydrogens (tertiary/aromatic N) is 4. The number of carbonyl (C=O) groups is 1. The molecule has 2 aliphatic heterocycles. The van der Waals surface area contributed by atoms with Gasteiger partial charge in [0.2, 0.25) is 27.6 Å². The number of sulfonamides is 1.